The van der Waals surface area contributed by atoms with E-state index in [4.69, 9.17) is 20.9 Å². The van der Waals surface area contributed by atoms with E-state index < -0.39 is 6.04 Å². The molecule has 0 radical (unpaired) electrons. The first kappa shape index (κ1) is 20.9. The molecule has 0 bridgehead atoms. The number of allylic oxidation sites excluding steroid dienone is 1. The molecule has 0 fully saturated rings. The number of methoxy groups -OCH3 is 1. The molecule has 2 heterocycles. The van der Waals surface area contributed by atoms with Gasteiger partial charge in [0.2, 0.25) is 5.82 Å². The summed E-state index contributed by atoms with van der Waals surface area (Å²) in [5.74, 6) is 1.51. The summed E-state index contributed by atoms with van der Waals surface area (Å²) >= 11 is 6.06. The Morgan fingerprint density at radius 1 is 1.23 bits per heavy atom. The van der Waals surface area contributed by atoms with Crippen LogP contribution in [0.3, 0.4) is 0 Å². The quantitative estimate of drug-likeness (QED) is 0.564. The molecule has 7 nitrogen and oxygen atoms in total. The van der Waals surface area contributed by atoms with Gasteiger partial charge in [-0.2, -0.15) is 4.98 Å². The van der Waals surface area contributed by atoms with Crippen molar-refractivity contribution in [1.82, 2.24) is 20.4 Å². The fourth-order valence-corrected chi connectivity index (χ4v) is 3.79. The third kappa shape index (κ3) is 4.14. The number of hydrogen-bond acceptors (Lipinski definition) is 5. The van der Waals surface area contributed by atoms with E-state index in [-0.39, 0.29) is 6.03 Å². The Labute approximate surface area is 185 Å². The lowest BCUT2D eigenvalue weighted by Gasteiger charge is -2.35. The van der Waals surface area contributed by atoms with Crippen LogP contribution in [0.1, 0.15) is 37.8 Å². The van der Waals surface area contributed by atoms with Gasteiger partial charge in [0.05, 0.1) is 18.7 Å². The lowest BCUT2D eigenvalue weighted by atomic mass is 9.94. The number of carbonyl (C=O) groups excluding carboxylic acids is 1. The van der Waals surface area contributed by atoms with Gasteiger partial charge in [0.1, 0.15) is 5.75 Å². The zero-order chi connectivity index (χ0) is 22.0. The molecule has 1 N–H and O–H groups in total. The van der Waals surface area contributed by atoms with E-state index in [1.165, 1.54) is 0 Å². The normalized spacial score (nSPS) is 16.5. The number of aromatic nitrogens is 2. The van der Waals surface area contributed by atoms with Crippen molar-refractivity contribution in [2.24, 2.45) is 0 Å². The van der Waals surface area contributed by atoms with E-state index in [0.717, 1.165) is 28.8 Å². The topological polar surface area (TPSA) is 80.5 Å². The minimum absolute atomic E-state index is 0.157. The lowest BCUT2D eigenvalue weighted by Crippen LogP contribution is -2.46. The fraction of sp³-hybridized carbons (Fsp3) is 0.261. The Bertz CT molecular complexity index is 1120. The average molecular weight is 439 g/mol. The number of benzene rings is 2. The van der Waals surface area contributed by atoms with Crippen LogP contribution in [0.25, 0.3) is 17.0 Å². The number of halogens is 1. The molecule has 0 aliphatic carbocycles. The molecule has 8 heteroatoms. The average Bonchev–Trinajstić information content (AvgIpc) is 3.26. The maximum atomic E-state index is 12.8. The van der Waals surface area contributed by atoms with Crippen LogP contribution in [0, 0.1) is 0 Å². The van der Waals surface area contributed by atoms with E-state index in [9.17, 15) is 4.79 Å². The first-order valence-corrected chi connectivity index (χ1v) is 10.4. The van der Waals surface area contributed by atoms with Gasteiger partial charge in [-0.3, -0.25) is 4.90 Å². The molecule has 2 amide bonds. The van der Waals surface area contributed by atoms with Gasteiger partial charge in [0.15, 0.2) is 0 Å². The van der Waals surface area contributed by atoms with E-state index in [1.807, 2.05) is 50.2 Å². The molecule has 31 heavy (non-hydrogen) atoms. The molecular weight excluding hydrogens is 416 g/mol. The Morgan fingerprint density at radius 3 is 2.71 bits per heavy atom. The molecule has 0 saturated carbocycles. The summed E-state index contributed by atoms with van der Waals surface area (Å²) in [6, 6.07) is 14.2. The van der Waals surface area contributed by atoms with Gasteiger partial charge in [-0.05, 0) is 43.2 Å². The molecule has 1 unspecified atom stereocenters. The highest BCUT2D eigenvalue weighted by Crippen LogP contribution is 2.37. The van der Waals surface area contributed by atoms with Crippen LogP contribution in [0.15, 0.2) is 58.8 Å². The van der Waals surface area contributed by atoms with Gasteiger partial charge in [-0.25, -0.2) is 4.79 Å². The predicted molar refractivity (Wildman–Crippen MR) is 119 cm³/mol. The van der Waals surface area contributed by atoms with Crippen LogP contribution in [0.2, 0.25) is 5.02 Å². The van der Waals surface area contributed by atoms with Crippen LogP contribution in [0.4, 0.5) is 4.79 Å². The first-order valence-electron chi connectivity index (χ1n) is 10.0. The number of hydrogen-bond donors (Lipinski definition) is 1. The summed E-state index contributed by atoms with van der Waals surface area (Å²) in [7, 11) is 1.61. The zero-order valence-corrected chi connectivity index (χ0v) is 18.3. The zero-order valence-electron chi connectivity index (χ0n) is 17.6. The number of nitrogens with zero attached hydrogens (tertiary/aromatic N) is 3. The summed E-state index contributed by atoms with van der Waals surface area (Å²) in [5, 5.41) is 7.87. The van der Waals surface area contributed by atoms with Crippen molar-refractivity contribution in [2.75, 3.05) is 13.7 Å². The molecule has 1 aliphatic rings. The molecular formula is C23H23ClN4O3. The van der Waals surface area contributed by atoms with Crippen molar-refractivity contribution in [1.29, 1.82) is 0 Å². The summed E-state index contributed by atoms with van der Waals surface area (Å²) < 4.78 is 11.0. The predicted octanol–water partition coefficient (Wildman–Crippen LogP) is 5.31. The second-order valence-electron chi connectivity index (χ2n) is 7.24. The summed E-state index contributed by atoms with van der Waals surface area (Å²) in [6.07, 6.45) is 0.822. The number of ether oxygens (including phenoxy) is 1. The minimum Gasteiger partial charge on any atom is -0.497 e. The smallest absolute Gasteiger partial charge is 0.322 e. The summed E-state index contributed by atoms with van der Waals surface area (Å²) in [5.41, 5.74) is 3.20. The van der Waals surface area contributed by atoms with Crippen LogP contribution < -0.4 is 10.1 Å². The van der Waals surface area contributed by atoms with Crippen LogP contribution in [-0.2, 0) is 0 Å². The van der Waals surface area contributed by atoms with Gasteiger partial charge in [0.25, 0.3) is 5.89 Å². The Morgan fingerprint density at radius 2 is 2.00 bits per heavy atom. The maximum absolute atomic E-state index is 12.8. The van der Waals surface area contributed by atoms with Gasteiger partial charge in [-0.15, -0.1) is 0 Å². The van der Waals surface area contributed by atoms with Gasteiger partial charge in [0, 0.05) is 22.8 Å². The standard InChI is InChI=1S/C23H23ClN4O3/c1-4-12-28-14(2)19(20(25-23(28)29)15-8-10-17(24)11-9-15)22-26-21(27-31-22)16-6-5-7-18(13-16)30-3/h5-11,13,20H,4,12H2,1-3H3,(H,25,29). The molecule has 3 aromatic rings. The SMILES string of the molecule is CCCN1C(=O)NC(c2ccc(Cl)cc2)C(c2nc(-c3cccc(OC)c3)no2)=C1C. The van der Waals surface area contributed by atoms with E-state index in [0.29, 0.717) is 29.0 Å². The van der Waals surface area contributed by atoms with Gasteiger partial charge < -0.3 is 14.6 Å². The third-order valence-electron chi connectivity index (χ3n) is 5.23. The van der Waals surface area contributed by atoms with Crippen molar-refractivity contribution < 1.29 is 14.1 Å². The molecule has 4 rings (SSSR count). The minimum atomic E-state index is -0.434. The number of amides is 2. The Hall–Kier alpha value is -3.32. The third-order valence-corrected chi connectivity index (χ3v) is 5.48. The number of urea groups is 1. The van der Waals surface area contributed by atoms with Crippen molar-refractivity contribution in [3.8, 4) is 17.1 Å². The van der Waals surface area contributed by atoms with Crippen LogP contribution >= 0.6 is 11.6 Å². The monoisotopic (exact) mass is 438 g/mol. The highest BCUT2D eigenvalue weighted by molar-refractivity contribution is 6.30. The van der Waals surface area contributed by atoms with Gasteiger partial charge in [-0.1, -0.05) is 47.9 Å². The molecule has 1 atom stereocenters. The van der Waals surface area contributed by atoms with E-state index >= 15 is 0 Å². The van der Waals surface area contributed by atoms with Crippen molar-refractivity contribution in [2.45, 2.75) is 26.3 Å². The molecule has 160 valence electrons. The lowest BCUT2D eigenvalue weighted by molar-refractivity contribution is 0.205. The molecule has 0 spiro atoms. The maximum Gasteiger partial charge on any atom is 0.322 e. The summed E-state index contributed by atoms with van der Waals surface area (Å²) in [4.78, 5) is 19.1. The number of nitrogens with one attached hydrogen (secondary N) is 1. The first-order chi connectivity index (χ1) is 15.0. The summed E-state index contributed by atoms with van der Waals surface area (Å²) in [6.45, 7) is 4.52. The Balaban J connectivity index is 1.80. The molecule has 1 aliphatic heterocycles. The van der Waals surface area contributed by atoms with Crippen LogP contribution in [-0.4, -0.2) is 34.7 Å². The second kappa shape index (κ2) is 8.81. The highest BCUT2D eigenvalue weighted by atomic mass is 35.5. The highest BCUT2D eigenvalue weighted by Gasteiger charge is 2.35. The van der Waals surface area contributed by atoms with Crippen molar-refractivity contribution in [3.05, 3.63) is 70.7 Å². The number of rotatable bonds is 6. The molecule has 2 aromatic carbocycles. The van der Waals surface area contributed by atoms with Gasteiger partial charge >= 0.3 is 6.03 Å². The van der Waals surface area contributed by atoms with Crippen molar-refractivity contribution >= 4 is 23.2 Å². The van der Waals surface area contributed by atoms with Crippen molar-refractivity contribution in [3.63, 3.8) is 0 Å². The van der Waals surface area contributed by atoms with Crippen LogP contribution in [0.5, 0.6) is 5.75 Å². The largest absolute Gasteiger partial charge is 0.497 e. The Kier molecular flexibility index (Phi) is 5.95. The molecule has 0 saturated heterocycles. The molecule has 1 aromatic heterocycles. The van der Waals surface area contributed by atoms with E-state index in [2.05, 4.69) is 15.5 Å². The van der Waals surface area contributed by atoms with E-state index in [1.54, 1.807) is 24.1 Å². The fourth-order valence-electron chi connectivity index (χ4n) is 3.67. The number of carbonyl (C=O) groups is 1. The second-order valence-corrected chi connectivity index (χ2v) is 7.68.